The van der Waals surface area contributed by atoms with E-state index in [-0.39, 0.29) is 169 Å². The van der Waals surface area contributed by atoms with Crippen LogP contribution in [0.2, 0.25) is 0 Å². The van der Waals surface area contributed by atoms with Crippen LogP contribution in [-0.2, 0) is 78.3 Å². The molecule has 2 aliphatic carbocycles. The van der Waals surface area contributed by atoms with Crippen molar-refractivity contribution in [2.24, 2.45) is 11.8 Å². The van der Waals surface area contributed by atoms with Gasteiger partial charge in [0.15, 0.2) is 0 Å². The van der Waals surface area contributed by atoms with Crippen molar-refractivity contribution in [2.45, 2.75) is 64.2 Å². The standard InChI is InChI=1S/C24H30.Ra.Rb.2Y/c1-3-7-19(8-4-1)15-21-11-13-24-18-22(12-14-23(24)17-21)16-20-9-5-2-6-10-20;;;;/h1-2,11-14,17-20H,3-10,15-16H2;;;;/q-2;;;;. The zero-order chi connectivity index (χ0) is 16.2. The number of hydrogen-bond donors (Lipinski definition) is 0. The van der Waals surface area contributed by atoms with Crippen LogP contribution in [0.25, 0.3) is 10.8 Å². The van der Waals surface area contributed by atoms with Crippen molar-refractivity contribution in [3.63, 3.8) is 0 Å². The molecule has 2 aliphatic rings. The zero-order valence-corrected chi connectivity index (χ0v) is 34.1. The van der Waals surface area contributed by atoms with Gasteiger partial charge in [0, 0.05) is 169 Å². The van der Waals surface area contributed by atoms with Gasteiger partial charge in [-0.2, -0.15) is 25.7 Å². The largest absolute Gasteiger partial charge is 0.328 e. The second kappa shape index (κ2) is 17.6. The average Bonchev–Trinajstić information content (AvgIpc) is 2.64. The van der Waals surface area contributed by atoms with E-state index in [0.717, 1.165) is 11.8 Å². The van der Waals surface area contributed by atoms with Crippen LogP contribution in [0, 0.1) is 69.7 Å². The normalized spacial score (nSPS) is 17.6. The van der Waals surface area contributed by atoms with Gasteiger partial charge >= 0.3 is 0 Å². The molecule has 4 heteroatoms. The van der Waals surface area contributed by atoms with Crippen LogP contribution in [-0.4, -0.2) is 58.2 Å². The van der Waals surface area contributed by atoms with Gasteiger partial charge in [0.05, 0.1) is 0 Å². The molecule has 0 nitrogen and oxygen atoms in total. The minimum Gasteiger partial charge on any atom is -0.328 e. The molecule has 5 radical (unpaired) electrons. The SMILES string of the molecule is [Ra].[Rb].[Y].[Y].c1cc2cc(CC3CC[CH-]CC3)ccc2cc1CC1CC[CH-]CC1. The smallest absolute Gasteiger partial charge is 0 e. The molecule has 0 bridgehead atoms. The van der Waals surface area contributed by atoms with Gasteiger partial charge in [-0.25, -0.2) is 0 Å². The molecule has 0 unspecified atom stereocenters. The first-order valence-electron chi connectivity index (χ1n) is 10.0. The first-order valence-corrected chi connectivity index (χ1v) is 10.0. The van der Waals surface area contributed by atoms with Crippen molar-refractivity contribution in [3.05, 3.63) is 60.4 Å². The predicted octanol–water partition coefficient (Wildman–Crippen LogP) is 6.33. The summed E-state index contributed by atoms with van der Waals surface area (Å²) < 4.78 is 0. The van der Waals surface area contributed by atoms with Crippen molar-refractivity contribution in [1.29, 1.82) is 0 Å². The minimum atomic E-state index is 0. The molecule has 0 aromatic heterocycles. The molecule has 0 aliphatic heterocycles. The molecule has 2 aromatic carbocycles. The third-order valence-electron chi connectivity index (χ3n) is 6.13. The van der Waals surface area contributed by atoms with E-state index in [2.05, 4.69) is 49.2 Å². The molecule has 0 saturated heterocycles. The van der Waals surface area contributed by atoms with E-state index >= 15 is 0 Å². The summed E-state index contributed by atoms with van der Waals surface area (Å²) >= 11 is 0. The number of fused-ring (bicyclic) bond motifs is 1. The molecule has 0 heterocycles. The van der Waals surface area contributed by atoms with Crippen molar-refractivity contribution in [3.8, 4) is 0 Å². The van der Waals surface area contributed by atoms with E-state index in [0.29, 0.717) is 0 Å². The maximum Gasteiger partial charge on any atom is 0 e. The summed E-state index contributed by atoms with van der Waals surface area (Å²) in [7, 11) is 0. The molecular weight excluding hydrogens is 778 g/mol. The molecule has 2 fully saturated rings. The Balaban J connectivity index is 0.00000182. The molecule has 0 amide bonds. The van der Waals surface area contributed by atoms with Crippen molar-refractivity contribution in [1.82, 2.24) is 0 Å². The molecular formula is C24H30RaRbY2-2. The quantitative estimate of drug-likeness (QED) is 0.318. The Morgan fingerprint density at radius 3 is 1.36 bits per heavy atom. The van der Waals surface area contributed by atoms with Crippen LogP contribution in [0.5, 0.6) is 0 Å². The van der Waals surface area contributed by atoms with Gasteiger partial charge in [-0.3, -0.25) is 0 Å². The average molecular weight is 808 g/mol. The van der Waals surface area contributed by atoms with Gasteiger partial charge in [-0.05, 0) is 46.6 Å². The fourth-order valence-electron chi connectivity index (χ4n) is 4.67. The first-order chi connectivity index (χ1) is 11.9. The maximum atomic E-state index is 2.46. The Morgan fingerprint density at radius 2 is 1.00 bits per heavy atom. The molecule has 2 aromatic rings. The third-order valence-corrected chi connectivity index (χ3v) is 6.13. The topological polar surface area (TPSA) is 0 Å². The Morgan fingerprint density at radius 1 is 0.643 bits per heavy atom. The molecule has 2 saturated carbocycles. The van der Waals surface area contributed by atoms with Crippen LogP contribution in [0.3, 0.4) is 0 Å². The second-order valence-electron chi connectivity index (χ2n) is 8.04. The molecule has 137 valence electrons. The van der Waals surface area contributed by atoms with Crippen LogP contribution in [0.4, 0.5) is 0 Å². The van der Waals surface area contributed by atoms with E-state index in [4.69, 9.17) is 0 Å². The van der Waals surface area contributed by atoms with E-state index in [1.54, 1.807) is 0 Å². The van der Waals surface area contributed by atoms with Crippen LogP contribution in [0.15, 0.2) is 36.4 Å². The van der Waals surface area contributed by atoms with E-state index < -0.39 is 0 Å². The monoisotopic (exact) mass is 807 g/mol. The number of rotatable bonds is 4. The van der Waals surface area contributed by atoms with Crippen molar-refractivity contribution in [2.75, 3.05) is 0 Å². The molecule has 0 N–H and O–H groups in total. The van der Waals surface area contributed by atoms with Gasteiger partial charge in [0.2, 0.25) is 0 Å². The summed E-state index contributed by atoms with van der Waals surface area (Å²) in [5.74, 6) is 1.80. The fourth-order valence-corrected chi connectivity index (χ4v) is 4.67. The Labute approximate surface area is 308 Å². The number of benzene rings is 2. The maximum absolute atomic E-state index is 2.46. The Hall–Kier alpha value is 4.18. The Bertz CT molecular complexity index is 620. The molecule has 0 spiro atoms. The number of hydrogen-bond acceptors (Lipinski definition) is 0. The summed E-state index contributed by atoms with van der Waals surface area (Å²) in [5.41, 5.74) is 3.06. The third kappa shape index (κ3) is 10.2. The summed E-state index contributed by atoms with van der Waals surface area (Å²) in [6.45, 7) is 0. The zero-order valence-electron chi connectivity index (χ0n) is 17.7. The molecule has 0 atom stereocenters. The minimum absolute atomic E-state index is 0. The summed E-state index contributed by atoms with van der Waals surface area (Å²) in [6.07, 6.45) is 18.3. The van der Waals surface area contributed by atoms with Crippen LogP contribution >= 0.6 is 0 Å². The van der Waals surface area contributed by atoms with Gasteiger partial charge in [0.25, 0.3) is 0 Å². The van der Waals surface area contributed by atoms with Gasteiger partial charge in [-0.15, -0.1) is 0 Å². The van der Waals surface area contributed by atoms with Crippen molar-refractivity contribution >= 4 is 69.0 Å². The summed E-state index contributed by atoms with van der Waals surface area (Å²) in [5, 5.41) is 2.85. The predicted molar refractivity (Wildman–Crippen MR) is 110 cm³/mol. The summed E-state index contributed by atoms with van der Waals surface area (Å²) in [6, 6.07) is 14.3. The van der Waals surface area contributed by atoms with E-state index in [1.165, 1.54) is 86.1 Å². The molecule has 28 heavy (non-hydrogen) atoms. The van der Waals surface area contributed by atoms with Gasteiger partial charge < -0.3 is 12.8 Å². The summed E-state index contributed by atoms with van der Waals surface area (Å²) in [4.78, 5) is 0. The van der Waals surface area contributed by atoms with Crippen LogP contribution in [0.1, 0.15) is 62.5 Å². The van der Waals surface area contributed by atoms with E-state index in [9.17, 15) is 0 Å². The van der Waals surface area contributed by atoms with Crippen LogP contribution < -0.4 is 0 Å². The first kappa shape index (κ1) is 32.2. The van der Waals surface area contributed by atoms with E-state index in [1.807, 2.05) is 0 Å². The Kier molecular flexibility index (Phi) is 20.2. The molecule has 4 rings (SSSR count). The van der Waals surface area contributed by atoms with Crippen molar-refractivity contribution < 1.29 is 110 Å². The second-order valence-corrected chi connectivity index (χ2v) is 8.04. The van der Waals surface area contributed by atoms with Gasteiger partial charge in [0.1, 0.15) is 0 Å². The fraction of sp³-hybridized carbons (Fsp3) is 0.500. The van der Waals surface area contributed by atoms with Gasteiger partial charge in [-0.1, -0.05) is 62.1 Å².